The van der Waals surface area contributed by atoms with Crippen LogP contribution in [-0.4, -0.2) is 24.6 Å². The summed E-state index contributed by atoms with van der Waals surface area (Å²) in [7, 11) is -3.37. The maximum atomic E-state index is 12.7. The summed E-state index contributed by atoms with van der Waals surface area (Å²) >= 11 is 1.47. The fourth-order valence-electron chi connectivity index (χ4n) is 3.01. The summed E-state index contributed by atoms with van der Waals surface area (Å²) in [5, 5.41) is 0. The van der Waals surface area contributed by atoms with Crippen molar-refractivity contribution in [2.24, 2.45) is 4.99 Å². The molecule has 5 nitrogen and oxygen atoms in total. The van der Waals surface area contributed by atoms with Gasteiger partial charge in [0.1, 0.15) is 0 Å². The smallest absolute Gasteiger partial charge is 0.279 e. The first-order valence-corrected chi connectivity index (χ1v) is 11.4. The Morgan fingerprint density at radius 1 is 1.11 bits per heavy atom. The highest BCUT2D eigenvalue weighted by Crippen LogP contribution is 2.22. The number of hydrogen-bond donors (Lipinski definition) is 0. The van der Waals surface area contributed by atoms with Gasteiger partial charge in [0.2, 0.25) is 0 Å². The first kappa shape index (κ1) is 19.5. The molecule has 0 aliphatic heterocycles. The minimum Gasteiger partial charge on any atom is -0.316 e. The molecule has 3 rings (SSSR count). The molecule has 0 bridgehead atoms. The number of aromatic nitrogens is 1. The third-order valence-electron chi connectivity index (χ3n) is 4.50. The largest absolute Gasteiger partial charge is 0.316 e. The average Bonchev–Trinajstić information content (AvgIpc) is 3.05. The molecule has 0 radical (unpaired) electrons. The molecular weight excluding hydrogens is 380 g/mol. The molecule has 27 heavy (non-hydrogen) atoms. The fraction of sp³-hybridized carbons (Fsp3) is 0.300. The van der Waals surface area contributed by atoms with Gasteiger partial charge in [-0.3, -0.25) is 4.79 Å². The second-order valence-corrected chi connectivity index (χ2v) is 9.38. The number of rotatable bonds is 5. The van der Waals surface area contributed by atoms with Crippen LogP contribution in [0, 0.1) is 0 Å². The summed E-state index contributed by atoms with van der Waals surface area (Å²) in [4.78, 5) is 17.8. The standard InChI is InChI=1S/C20H22N2O3S2/c1-4-14-9-8-12-17-18(14)22(5-2)20(26-17)21-19(23)15-10-7-11-16(13-15)27(24,25)6-3/h7-13H,4-6H2,1-3H3. The number of para-hydroxylation sites is 1. The number of sulfone groups is 1. The molecule has 0 aliphatic rings. The van der Waals surface area contributed by atoms with Crippen LogP contribution >= 0.6 is 11.3 Å². The molecule has 0 N–H and O–H groups in total. The Morgan fingerprint density at radius 3 is 2.52 bits per heavy atom. The predicted octanol–water partition coefficient (Wildman–Crippen LogP) is 3.82. The van der Waals surface area contributed by atoms with Crippen LogP contribution in [0.5, 0.6) is 0 Å². The minimum atomic E-state index is -3.37. The highest BCUT2D eigenvalue weighted by atomic mass is 32.2. The highest BCUT2D eigenvalue weighted by Gasteiger charge is 2.15. The number of carbonyl (C=O) groups is 1. The monoisotopic (exact) mass is 402 g/mol. The van der Waals surface area contributed by atoms with Crippen molar-refractivity contribution in [3.8, 4) is 0 Å². The van der Waals surface area contributed by atoms with Crippen molar-refractivity contribution in [3.05, 3.63) is 58.4 Å². The molecule has 1 amide bonds. The van der Waals surface area contributed by atoms with Crippen molar-refractivity contribution in [1.82, 2.24) is 4.57 Å². The van der Waals surface area contributed by atoms with Crippen molar-refractivity contribution in [3.63, 3.8) is 0 Å². The summed E-state index contributed by atoms with van der Waals surface area (Å²) in [6, 6.07) is 12.2. The van der Waals surface area contributed by atoms with Crippen LogP contribution in [0.1, 0.15) is 36.7 Å². The zero-order valence-electron chi connectivity index (χ0n) is 15.6. The molecule has 142 valence electrons. The minimum absolute atomic E-state index is 0.00622. The molecule has 0 atom stereocenters. The van der Waals surface area contributed by atoms with E-state index in [0.29, 0.717) is 11.3 Å². The Labute approximate surface area is 162 Å². The molecule has 0 fully saturated rings. The Hall–Kier alpha value is -2.25. The second kappa shape index (κ2) is 7.78. The lowest BCUT2D eigenvalue weighted by Crippen LogP contribution is -2.16. The molecule has 0 aliphatic carbocycles. The van der Waals surface area contributed by atoms with Gasteiger partial charge in [-0.15, -0.1) is 0 Å². The molecule has 1 heterocycles. The molecule has 7 heteroatoms. The van der Waals surface area contributed by atoms with Crippen LogP contribution in [0.15, 0.2) is 52.4 Å². The molecule has 1 aromatic heterocycles. The van der Waals surface area contributed by atoms with E-state index in [4.69, 9.17) is 0 Å². The van der Waals surface area contributed by atoms with Gasteiger partial charge in [-0.2, -0.15) is 4.99 Å². The molecule has 0 saturated carbocycles. The van der Waals surface area contributed by atoms with E-state index in [0.717, 1.165) is 16.6 Å². The third-order valence-corrected chi connectivity index (χ3v) is 7.27. The van der Waals surface area contributed by atoms with E-state index >= 15 is 0 Å². The lowest BCUT2D eigenvalue weighted by Gasteiger charge is -2.05. The van der Waals surface area contributed by atoms with Crippen molar-refractivity contribution in [1.29, 1.82) is 0 Å². The topological polar surface area (TPSA) is 68.5 Å². The summed E-state index contributed by atoms with van der Waals surface area (Å²) in [6.45, 7) is 6.42. The van der Waals surface area contributed by atoms with Crippen molar-refractivity contribution in [2.45, 2.75) is 38.6 Å². The van der Waals surface area contributed by atoms with Crippen molar-refractivity contribution >= 4 is 37.3 Å². The van der Waals surface area contributed by atoms with Gasteiger partial charge in [0, 0.05) is 12.1 Å². The Morgan fingerprint density at radius 2 is 1.85 bits per heavy atom. The summed E-state index contributed by atoms with van der Waals surface area (Å²) in [6.07, 6.45) is 0.901. The number of benzene rings is 2. The zero-order chi connectivity index (χ0) is 19.6. The van der Waals surface area contributed by atoms with E-state index in [1.807, 2.05) is 23.6 Å². The van der Waals surface area contributed by atoms with Gasteiger partial charge in [-0.1, -0.05) is 43.4 Å². The second-order valence-electron chi connectivity index (χ2n) is 6.09. The lowest BCUT2D eigenvalue weighted by molar-refractivity contribution is 0.0997. The van der Waals surface area contributed by atoms with Crippen LogP contribution in [0.4, 0.5) is 0 Å². The normalized spacial score (nSPS) is 12.6. The van der Waals surface area contributed by atoms with Crippen LogP contribution < -0.4 is 4.80 Å². The van der Waals surface area contributed by atoms with E-state index in [2.05, 4.69) is 18.0 Å². The quantitative estimate of drug-likeness (QED) is 0.651. The maximum Gasteiger partial charge on any atom is 0.279 e. The maximum absolute atomic E-state index is 12.7. The summed E-state index contributed by atoms with van der Waals surface area (Å²) < 4.78 is 27.3. The highest BCUT2D eigenvalue weighted by molar-refractivity contribution is 7.91. The Bertz CT molecular complexity index is 1170. The van der Waals surface area contributed by atoms with Crippen LogP contribution in [-0.2, 0) is 22.8 Å². The van der Waals surface area contributed by atoms with E-state index in [-0.39, 0.29) is 16.2 Å². The Balaban J connectivity index is 2.13. The summed E-state index contributed by atoms with van der Waals surface area (Å²) in [5.74, 6) is -0.441. The number of thiazole rings is 1. The number of fused-ring (bicyclic) bond motifs is 1. The van der Waals surface area contributed by atoms with E-state index in [9.17, 15) is 13.2 Å². The first-order valence-electron chi connectivity index (χ1n) is 8.94. The van der Waals surface area contributed by atoms with Gasteiger partial charge >= 0.3 is 0 Å². The summed E-state index contributed by atoms with van der Waals surface area (Å²) in [5.41, 5.74) is 2.61. The van der Waals surface area contributed by atoms with Crippen LogP contribution in [0.3, 0.4) is 0 Å². The van der Waals surface area contributed by atoms with Gasteiger partial charge in [-0.05, 0) is 43.2 Å². The molecule has 3 aromatic rings. The lowest BCUT2D eigenvalue weighted by atomic mass is 10.1. The van der Waals surface area contributed by atoms with E-state index in [1.165, 1.54) is 29.0 Å². The van der Waals surface area contributed by atoms with E-state index < -0.39 is 15.7 Å². The SMILES string of the molecule is CCc1cccc2sc(=NC(=O)c3cccc(S(=O)(=O)CC)c3)n(CC)c12. The molecular formula is C20H22N2O3S2. The fourth-order valence-corrected chi connectivity index (χ4v) is 5.07. The number of amides is 1. The van der Waals surface area contributed by atoms with Gasteiger partial charge in [-0.25, -0.2) is 8.42 Å². The van der Waals surface area contributed by atoms with Crippen LogP contribution in [0.25, 0.3) is 10.2 Å². The van der Waals surface area contributed by atoms with Gasteiger partial charge in [0.25, 0.3) is 5.91 Å². The van der Waals surface area contributed by atoms with E-state index in [1.54, 1.807) is 19.1 Å². The van der Waals surface area contributed by atoms with Crippen LogP contribution in [0.2, 0.25) is 0 Å². The third kappa shape index (κ3) is 3.75. The molecule has 0 unspecified atom stereocenters. The van der Waals surface area contributed by atoms with Gasteiger partial charge in [0.15, 0.2) is 14.6 Å². The zero-order valence-corrected chi connectivity index (χ0v) is 17.2. The van der Waals surface area contributed by atoms with Crippen molar-refractivity contribution < 1.29 is 13.2 Å². The number of nitrogens with zero attached hydrogens (tertiary/aromatic N) is 2. The van der Waals surface area contributed by atoms with Gasteiger partial charge < -0.3 is 4.57 Å². The number of carbonyl (C=O) groups excluding carboxylic acids is 1. The van der Waals surface area contributed by atoms with Crippen molar-refractivity contribution in [2.75, 3.05) is 5.75 Å². The molecule has 0 spiro atoms. The first-order chi connectivity index (χ1) is 12.9. The van der Waals surface area contributed by atoms with Gasteiger partial charge in [0.05, 0.1) is 20.9 Å². The Kier molecular flexibility index (Phi) is 5.62. The number of hydrogen-bond acceptors (Lipinski definition) is 4. The average molecular weight is 403 g/mol. The molecule has 2 aromatic carbocycles. The number of aryl methyl sites for hydroxylation is 2. The predicted molar refractivity (Wildman–Crippen MR) is 109 cm³/mol. The molecule has 0 saturated heterocycles.